The smallest absolute Gasteiger partial charge is 0.262 e. The number of nitrogens with one attached hydrogen (secondary N) is 1. The Bertz CT molecular complexity index is 1460. The van der Waals surface area contributed by atoms with Gasteiger partial charge in [-0.3, -0.25) is 4.79 Å². The molecule has 1 saturated carbocycles. The van der Waals surface area contributed by atoms with Crippen molar-refractivity contribution in [2.24, 2.45) is 5.92 Å². The molecule has 38 heavy (non-hydrogen) atoms. The Hall–Kier alpha value is -2.96. The van der Waals surface area contributed by atoms with Crippen molar-refractivity contribution in [2.45, 2.75) is 50.7 Å². The third kappa shape index (κ3) is 5.16. The molecule has 1 N–H and O–H groups in total. The highest BCUT2D eigenvalue weighted by molar-refractivity contribution is 9.10. The number of amides is 1. The second-order valence-electron chi connectivity index (χ2n) is 10.4. The van der Waals surface area contributed by atoms with Gasteiger partial charge in [0.25, 0.3) is 5.91 Å². The van der Waals surface area contributed by atoms with E-state index >= 15 is 0 Å². The van der Waals surface area contributed by atoms with Gasteiger partial charge in [-0.05, 0) is 60.7 Å². The summed E-state index contributed by atoms with van der Waals surface area (Å²) in [6.07, 6.45) is 8.99. The van der Waals surface area contributed by atoms with E-state index in [0.29, 0.717) is 5.92 Å². The highest BCUT2D eigenvalue weighted by Crippen LogP contribution is 2.42. The van der Waals surface area contributed by atoms with Gasteiger partial charge in [-0.15, -0.1) is 0 Å². The molecule has 1 aliphatic heterocycles. The Balaban J connectivity index is 1.35. The van der Waals surface area contributed by atoms with Gasteiger partial charge in [-0.25, -0.2) is 0 Å². The number of nitrogens with zero attached hydrogens (tertiary/aromatic N) is 2. The third-order valence-electron chi connectivity index (χ3n) is 7.80. The van der Waals surface area contributed by atoms with Crippen molar-refractivity contribution in [2.75, 3.05) is 5.32 Å². The number of aromatic nitrogens is 1. The van der Waals surface area contributed by atoms with E-state index in [1.807, 2.05) is 18.2 Å². The molecule has 2 aliphatic rings. The standard InChI is InChI=1S/C32H32BrN3OS/c1-22-9-5-7-13-28(22)36-31(37)30(38-32(36)34-26-10-3-2-4-11-26)19-24-21-35(29-14-8-6-12-27(24)29)20-23-15-17-25(33)18-16-23/h2-4,6,8,10-12,14-19,21-22,28,32,34H,5,7,9,13,20H2,1H3/b30-19-/t22-,28+,32?/m1/s1. The van der Waals surface area contributed by atoms with E-state index in [1.165, 1.54) is 35.7 Å². The largest absolute Gasteiger partial charge is 0.356 e. The molecule has 194 valence electrons. The van der Waals surface area contributed by atoms with Gasteiger partial charge < -0.3 is 14.8 Å². The maximum Gasteiger partial charge on any atom is 0.262 e. The Labute approximate surface area is 237 Å². The number of carbonyl (C=O) groups excluding carboxylic acids is 1. The first kappa shape index (κ1) is 25.3. The van der Waals surface area contributed by atoms with Gasteiger partial charge in [0.05, 0.1) is 4.91 Å². The van der Waals surface area contributed by atoms with Crippen LogP contribution in [0.5, 0.6) is 0 Å². The summed E-state index contributed by atoms with van der Waals surface area (Å²) in [5.41, 5.74) is 4.43. The summed E-state index contributed by atoms with van der Waals surface area (Å²) in [4.78, 5) is 16.9. The maximum absolute atomic E-state index is 14.0. The van der Waals surface area contributed by atoms with Crippen molar-refractivity contribution >= 4 is 56.3 Å². The van der Waals surface area contributed by atoms with E-state index in [4.69, 9.17) is 0 Å². The van der Waals surface area contributed by atoms with Crippen LogP contribution in [0.15, 0.2) is 94.4 Å². The molecule has 3 aromatic carbocycles. The molecule has 4 aromatic rings. The number of thioether (sulfide) groups is 1. The number of fused-ring (bicyclic) bond motifs is 1. The summed E-state index contributed by atoms with van der Waals surface area (Å²) < 4.78 is 3.37. The van der Waals surface area contributed by atoms with E-state index in [9.17, 15) is 4.79 Å². The average molecular weight is 587 g/mol. The molecule has 6 heteroatoms. The number of hydrogen-bond donors (Lipinski definition) is 1. The van der Waals surface area contributed by atoms with Crippen LogP contribution in [-0.2, 0) is 11.3 Å². The lowest BCUT2D eigenvalue weighted by atomic mass is 9.85. The molecular formula is C32H32BrN3OS. The molecule has 2 fully saturated rings. The van der Waals surface area contributed by atoms with Crippen molar-refractivity contribution in [1.29, 1.82) is 0 Å². The van der Waals surface area contributed by atoms with Crippen LogP contribution in [0.3, 0.4) is 0 Å². The number of para-hydroxylation sites is 2. The topological polar surface area (TPSA) is 37.3 Å². The molecule has 3 atom stereocenters. The van der Waals surface area contributed by atoms with E-state index in [-0.39, 0.29) is 17.4 Å². The van der Waals surface area contributed by atoms with Gasteiger partial charge in [0.2, 0.25) is 0 Å². The van der Waals surface area contributed by atoms with Gasteiger partial charge >= 0.3 is 0 Å². The number of anilines is 1. The molecular weight excluding hydrogens is 554 g/mol. The van der Waals surface area contributed by atoms with Crippen molar-refractivity contribution < 1.29 is 4.79 Å². The van der Waals surface area contributed by atoms with Crippen molar-refractivity contribution in [1.82, 2.24) is 9.47 Å². The van der Waals surface area contributed by atoms with Crippen molar-refractivity contribution in [3.63, 3.8) is 0 Å². The molecule has 1 saturated heterocycles. The number of halogens is 1. The van der Waals surface area contributed by atoms with Crippen molar-refractivity contribution in [3.05, 3.63) is 106 Å². The molecule has 0 radical (unpaired) electrons. The summed E-state index contributed by atoms with van der Waals surface area (Å²) in [5.74, 6) is 0.646. The molecule has 1 aromatic heterocycles. The summed E-state index contributed by atoms with van der Waals surface area (Å²) >= 11 is 5.18. The summed E-state index contributed by atoms with van der Waals surface area (Å²) in [5, 5.41) is 4.82. The molecule has 2 heterocycles. The fourth-order valence-corrected chi connectivity index (χ4v) is 7.28. The van der Waals surface area contributed by atoms with E-state index in [0.717, 1.165) is 33.6 Å². The number of rotatable bonds is 6. The fraction of sp³-hybridized carbons (Fsp3) is 0.281. The van der Waals surface area contributed by atoms with E-state index < -0.39 is 0 Å². The van der Waals surface area contributed by atoms with Crippen LogP contribution in [-0.4, -0.2) is 26.9 Å². The molecule has 0 bridgehead atoms. The lowest BCUT2D eigenvalue weighted by Gasteiger charge is -2.39. The summed E-state index contributed by atoms with van der Waals surface area (Å²) in [6.45, 7) is 3.08. The van der Waals surface area contributed by atoms with Gasteiger partial charge in [-0.1, -0.05) is 96.0 Å². The predicted molar refractivity (Wildman–Crippen MR) is 163 cm³/mol. The SMILES string of the molecule is C[C@@H]1CCCC[C@@H]1N1C(=O)/C(=C/c2cn(Cc3ccc(Br)cc3)c3ccccc23)SC1Nc1ccccc1. The fourth-order valence-electron chi connectivity index (χ4n) is 5.82. The Morgan fingerprint density at radius 1 is 0.974 bits per heavy atom. The van der Waals surface area contributed by atoms with Gasteiger partial charge in [0.1, 0.15) is 0 Å². The zero-order valence-corrected chi connectivity index (χ0v) is 23.9. The van der Waals surface area contributed by atoms with E-state index in [1.54, 1.807) is 11.8 Å². The minimum atomic E-state index is -0.113. The number of hydrogen-bond acceptors (Lipinski definition) is 3. The minimum Gasteiger partial charge on any atom is -0.356 e. The van der Waals surface area contributed by atoms with Gasteiger partial charge in [-0.2, -0.15) is 0 Å². The summed E-state index contributed by atoms with van der Waals surface area (Å²) in [6, 6.07) is 27.4. The van der Waals surface area contributed by atoms with Crippen molar-refractivity contribution in [3.8, 4) is 0 Å². The summed E-state index contributed by atoms with van der Waals surface area (Å²) in [7, 11) is 0. The maximum atomic E-state index is 14.0. The van der Waals surface area contributed by atoms with Crippen LogP contribution in [0.25, 0.3) is 17.0 Å². The number of benzene rings is 3. The molecule has 0 spiro atoms. The van der Waals surface area contributed by atoms with Gasteiger partial charge in [0, 0.05) is 45.4 Å². The second kappa shape index (κ2) is 11.0. The van der Waals surface area contributed by atoms with Gasteiger partial charge in [0.15, 0.2) is 5.50 Å². The van der Waals surface area contributed by atoms with Crippen LogP contribution >= 0.6 is 27.7 Å². The van der Waals surface area contributed by atoms with E-state index in [2.05, 4.69) is 111 Å². The predicted octanol–water partition coefficient (Wildman–Crippen LogP) is 8.34. The molecule has 1 aliphatic carbocycles. The highest BCUT2D eigenvalue weighted by Gasteiger charge is 2.43. The first-order valence-corrected chi connectivity index (χ1v) is 15.1. The first-order chi connectivity index (χ1) is 18.6. The Morgan fingerprint density at radius 3 is 2.50 bits per heavy atom. The molecule has 1 amide bonds. The average Bonchev–Trinajstić information content (AvgIpc) is 3.43. The molecule has 4 nitrogen and oxygen atoms in total. The van der Waals surface area contributed by atoms with Crippen LogP contribution in [0.4, 0.5) is 5.69 Å². The zero-order chi connectivity index (χ0) is 26.1. The normalized spacial score (nSPS) is 22.9. The second-order valence-corrected chi connectivity index (χ2v) is 12.4. The highest BCUT2D eigenvalue weighted by atomic mass is 79.9. The first-order valence-electron chi connectivity index (χ1n) is 13.4. The monoisotopic (exact) mass is 585 g/mol. The quantitative estimate of drug-likeness (QED) is 0.231. The van der Waals surface area contributed by atoms with Crippen LogP contribution in [0, 0.1) is 5.92 Å². The lowest BCUT2D eigenvalue weighted by molar-refractivity contribution is -0.129. The van der Waals surface area contributed by atoms with Crippen LogP contribution < -0.4 is 5.32 Å². The van der Waals surface area contributed by atoms with Crippen LogP contribution in [0.1, 0.15) is 43.7 Å². The van der Waals surface area contributed by atoms with Crippen LogP contribution in [0.2, 0.25) is 0 Å². The zero-order valence-electron chi connectivity index (χ0n) is 21.5. The molecule has 6 rings (SSSR count). The molecule has 1 unspecified atom stereocenters. The minimum absolute atomic E-state index is 0.113. The third-order valence-corrected chi connectivity index (χ3v) is 9.44. The Kier molecular flexibility index (Phi) is 7.35. The Morgan fingerprint density at radius 2 is 1.71 bits per heavy atom. The number of carbonyl (C=O) groups is 1. The lowest BCUT2D eigenvalue weighted by Crippen LogP contribution is -2.48.